The summed E-state index contributed by atoms with van der Waals surface area (Å²) in [7, 11) is 0. The molecule has 5 rings (SSSR count). The molecule has 0 saturated carbocycles. The van der Waals surface area contributed by atoms with Crippen molar-refractivity contribution in [2.75, 3.05) is 19.7 Å². The molecule has 1 saturated heterocycles. The Morgan fingerprint density at radius 1 is 1.00 bits per heavy atom. The van der Waals surface area contributed by atoms with E-state index in [1.54, 1.807) is 12.4 Å². The van der Waals surface area contributed by atoms with Crippen molar-refractivity contribution in [1.82, 2.24) is 10.3 Å². The van der Waals surface area contributed by atoms with E-state index in [0.717, 1.165) is 42.6 Å². The molecule has 3 aromatic rings. The lowest BCUT2D eigenvalue weighted by molar-refractivity contribution is -0.162. The zero-order valence-electron chi connectivity index (χ0n) is 18.7. The summed E-state index contributed by atoms with van der Waals surface area (Å²) in [6, 6.07) is 19.0. The molecule has 1 unspecified atom stereocenters. The van der Waals surface area contributed by atoms with E-state index in [1.165, 1.54) is 12.8 Å². The van der Waals surface area contributed by atoms with Crippen LogP contribution in [0, 0.1) is 5.92 Å². The van der Waals surface area contributed by atoms with Gasteiger partial charge in [0.05, 0.1) is 6.61 Å². The van der Waals surface area contributed by atoms with Crippen molar-refractivity contribution >= 4 is 5.97 Å². The molecular formula is C28H30N2O3. The first-order chi connectivity index (χ1) is 16.2. The number of esters is 1. The summed E-state index contributed by atoms with van der Waals surface area (Å²) in [5.41, 5.74) is 2.27. The maximum absolute atomic E-state index is 13.4. The topological polar surface area (TPSA) is 71.5 Å². The van der Waals surface area contributed by atoms with Crippen LogP contribution in [0.15, 0.2) is 73.1 Å². The quantitative estimate of drug-likeness (QED) is 0.531. The van der Waals surface area contributed by atoms with Crippen LogP contribution in [-0.4, -0.2) is 35.8 Å². The molecule has 33 heavy (non-hydrogen) atoms. The second kappa shape index (κ2) is 9.46. The van der Waals surface area contributed by atoms with E-state index in [-0.39, 0.29) is 12.5 Å². The van der Waals surface area contributed by atoms with Crippen molar-refractivity contribution in [3.05, 3.63) is 89.7 Å². The van der Waals surface area contributed by atoms with Gasteiger partial charge in [-0.15, -0.1) is 0 Å². The summed E-state index contributed by atoms with van der Waals surface area (Å²) in [6.45, 7) is 2.39. The van der Waals surface area contributed by atoms with Gasteiger partial charge in [0.25, 0.3) is 0 Å². The van der Waals surface area contributed by atoms with Crippen molar-refractivity contribution in [3.63, 3.8) is 0 Å². The van der Waals surface area contributed by atoms with Crippen molar-refractivity contribution in [2.24, 2.45) is 5.92 Å². The molecule has 1 aliphatic carbocycles. The first kappa shape index (κ1) is 21.8. The van der Waals surface area contributed by atoms with Gasteiger partial charge in [-0.1, -0.05) is 48.5 Å². The Bertz CT molecular complexity index is 1060. The molecule has 1 aromatic heterocycles. The lowest BCUT2D eigenvalue weighted by atomic mass is 9.87. The summed E-state index contributed by atoms with van der Waals surface area (Å²) in [6.07, 6.45) is 7.99. The molecule has 2 aromatic carbocycles. The predicted octanol–water partition coefficient (Wildman–Crippen LogP) is 4.40. The molecule has 2 N–H and O–H groups in total. The lowest BCUT2D eigenvalue weighted by Gasteiger charge is -2.27. The minimum absolute atomic E-state index is 0.0716. The van der Waals surface area contributed by atoms with Crippen molar-refractivity contribution in [1.29, 1.82) is 0 Å². The Labute approximate surface area is 194 Å². The number of ether oxygens (including phenoxy) is 1. The fourth-order valence-corrected chi connectivity index (χ4v) is 5.30. The van der Waals surface area contributed by atoms with Crippen LogP contribution in [0.2, 0.25) is 0 Å². The Balaban J connectivity index is 1.35. The standard InChI is InChI=1S/C28H30N2O3/c31-27(28(32)25-7-3-1-5-23(25)24-6-2-4-8-26(24)28)33-19-22(21-13-17-30-18-14-21)10-9-20-11-15-29-16-12-20/h1-8,13-14,17-18,20,22,29,32H,9-12,15-16,19H2. The van der Waals surface area contributed by atoms with Gasteiger partial charge in [0, 0.05) is 29.4 Å². The van der Waals surface area contributed by atoms with Crippen LogP contribution in [0.4, 0.5) is 0 Å². The number of fused-ring (bicyclic) bond motifs is 3. The summed E-state index contributed by atoms with van der Waals surface area (Å²) in [5.74, 6) is 0.159. The number of carbonyl (C=O) groups excluding carboxylic acids is 1. The second-order valence-electron chi connectivity index (χ2n) is 9.15. The molecule has 2 aliphatic rings. The largest absolute Gasteiger partial charge is 0.462 e. The SMILES string of the molecule is O=C(OCC(CCC1CCNCC1)c1ccncc1)C1(O)c2ccccc2-c2ccccc21. The van der Waals surface area contributed by atoms with Crippen molar-refractivity contribution < 1.29 is 14.6 Å². The minimum atomic E-state index is -1.79. The van der Waals surface area contributed by atoms with Gasteiger partial charge in [0.1, 0.15) is 0 Å². The average Bonchev–Trinajstić information content (AvgIpc) is 3.15. The molecule has 1 aliphatic heterocycles. The summed E-state index contributed by atoms with van der Waals surface area (Å²) >= 11 is 0. The number of aromatic nitrogens is 1. The fourth-order valence-electron chi connectivity index (χ4n) is 5.30. The van der Waals surface area contributed by atoms with Crippen LogP contribution in [-0.2, 0) is 15.1 Å². The highest BCUT2D eigenvalue weighted by Gasteiger charge is 2.49. The number of nitrogens with one attached hydrogen (secondary N) is 1. The minimum Gasteiger partial charge on any atom is -0.462 e. The van der Waals surface area contributed by atoms with E-state index < -0.39 is 11.6 Å². The van der Waals surface area contributed by atoms with Crippen LogP contribution in [0.25, 0.3) is 11.1 Å². The fraction of sp³-hybridized carbons (Fsp3) is 0.357. The van der Waals surface area contributed by atoms with Gasteiger partial charge in [-0.05, 0) is 73.5 Å². The van der Waals surface area contributed by atoms with Crippen molar-refractivity contribution in [2.45, 2.75) is 37.2 Å². The molecule has 1 atom stereocenters. The van der Waals surface area contributed by atoms with Crippen LogP contribution in [0.1, 0.15) is 48.3 Å². The first-order valence-electron chi connectivity index (χ1n) is 11.9. The predicted molar refractivity (Wildman–Crippen MR) is 128 cm³/mol. The van der Waals surface area contributed by atoms with E-state index in [1.807, 2.05) is 60.7 Å². The van der Waals surface area contributed by atoms with Crippen molar-refractivity contribution in [3.8, 4) is 11.1 Å². The van der Waals surface area contributed by atoms with Gasteiger partial charge in [0.2, 0.25) is 5.60 Å². The lowest BCUT2D eigenvalue weighted by Crippen LogP contribution is -2.37. The molecular weight excluding hydrogens is 412 g/mol. The molecule has 1 fully saturated rings. The summed E-state index contributed by atoms with van der Waals surface area (Å²) < 4.78 is 5.88. The van der Waals surface area contributed by atoms with Gasteiger partial charge >= 0.3 is 5.97 Å². The molecule has 170 valence electrons. The van der Waals surface area contributed by atoms with Crippen LogP contribution < -0.4 is 5.32 Å². The third kappa shape index (κ3) is 4.19. The maximum atomic E-state index is 13.4. The van der Waals surface area contributed by atoms with E-state index in [0.29, 0.717) is 17.0 Å². The molecule has 5 nitrogen and oxygen atoms in total. The Morgan fingerprint density at radius 3 is 2.24 bits per heavy atom. The zero-order valence-corrected chi connectivity index (χ0v) is 18.7. The van der Waals surface area contributed by atoms with Crippen LogP contribution >= 0.6 is 0 Å². The Morgan fingerprint density at radius 2 is 1.61 bits per heavy atom. The number of aliphatic hydroxyl groups is 1. The third-order valence-corrected chi connectivity index (χ3v) is 7.19. The molecule has 5 heteroatoms. The number of benzene rings is 2. The highest BCUT2D eigenvalue weighted by Crippen LogP contribution is 2.48. The number of hydrogen-bond donors (Lipinski definition) is 2. The summed E-state index contributed by atoms with van der Waals surface area (Å²) in [4.78, 5) is 17.6. The Hall–Kier alpha value is -3.02. The number of hydrogen-bond acceptors (Lipinski definition) is 5. The van der Waals surface area contributed by atoms with Crippen LogP contribution in [0.5, 0.6) is 0 Å². The van der Waals surface area contributed by atoms with E-state index in [2.05, 4.69) is 10.3 Å². The molecule has 0 bridgehead atoms. The number of nitrogens with zero attached hydrogens (tertiary/aromatic N) is 1. The highest BCUT2D eigenvalue weighted by atomic mass is 16.5. The monoisotopic (exact) mass is 442 g/mol. The molecule has 0 radical (unpaired) electrons. The molecule has 0 spiro atoms. The average molecular weight is 443 g/mol. The highest BCUT2D eigenvalue weighted by molar-refractivity contribution is 5.96. The van der Waals surface area contributed by atoms with Gasteiger partial charge in [-0.3, -0.25) is 4.98 Å². The zero-order chi connectivity index (χ0) is 22.7. The maximum Gasteiger partial charge on any atom is 0.347 e. The van der Waals surface area contributed by atoms with E-state index >= 15 is 0 Å². The smallest absolute Gasteiger partial charge is 0.347 e. The van der Waals surface area contributed by atoms with E-state index in [9.17, 15) is 9.90 Å². The van der Waals surface area contributed by atoms with Gasteiger partial charge in [-0.2, -0.15) is 0 Å². The van der Waals surface area contributed by atoms with Crippen LogP contribution in [0.3, 0.4) is 0 Å². The van der Waals surface area contributed by atoms with E-state index in [4.69, 9.17) is 4.74 Å². The van der Waals surface area contributed by atoms with Gasteiger partial charge < -0.3 is 15.2 Å². The second-order valence-corrected chi connectivity index (χ2v) is 9.15. The summed E-state index contributed by atoms with van der Waals surface area (Å²) in [5, 5.41) is 15.1. The number of piperidine rings is 1. The molecule has 0 amide bonds. The number of pyridine rings is 1. The first-order valence-corrected chi connectivity index (χ1v) is 11.9. The number of rotatable bonds is 7. The van der Waals surface area contributed by atoms with Gasteiger partial charge in [0.15, 0.2) is 0 Å². The number of carbonyl (C=O) groups is 1. The normalized spacial score (nSPS) is 17.7. The Kier molecular flexibility index (Phi) is 6.25. The van der Waals surface area contributed by atoms with Gasteiger partial charge in [-0.25, -0.2) is 4.79 Å². The molecule has 2 heterocycles. The third-order valence-electron chi connectivity index (χ3n) is 7.19.